The van der Waals surface area contributed by atoms with Crippen molar-refractivity contribution >= 4 is 40.0 Å². The van der Waals surface area contributed by atoms with Gasteiger partial charge in [0.15, 0.2) is 5.11 Å². The summed E-state index contributed by atoms with van der Waals surface area (Å²) < 4.78 is 13.8. The van der Waals surface area contributed by atoms with E-state index in [4.69, 9.17) is 12.2 Å². The Hall–Kier alpha value is -3.65. The summed E-state index contributed by atoms with van der Waals surface area (Å²) in [4.78, 5) is 13.9. The monoisotopic (exact) mass is 461 g/mol. The molecule has 0 bridgehead atoms. The van der Waals surface area contributed by atoms with Gasteiger partial charge in [0, 0.05) is 5.69 Å². The fourth-order valence-electron chi connectivity index (χ4n) is 3.46. The Morgan fingerprint density at radius 1 is 1.06 bits per heavy atom. The lowest BCUT2D eigenvalue weighted by atomic mass is 10.1. The van der Waals surface area contributed by atoms with Crippen LogP contribution in [0.2, 0.25) is 0 Å². The predicted molar refractivity (Wildman–Crippen MR) is 132 cm³/mol. The summed E-state index contributed by atoms with van der Waals surface area (Å²) in [6.07, 6.45) is 3.40. The van der Waals surface area contributed by atoms with Crippen molar-refractivity contribution in [3.05, 3.63) is 83.2 Å². The Balaban J connectivity index is 1.50. The zero-order valence-corrected chi connectivity index (χ0v) is 19.2. The molecule has 0 radical (unpaired) electrons. The summed E-state index contributed by atoms with van der Waals surface area (Å²) in [6, 6.07) is 17.7. The van der Waals surface area contributed by atoms with Gasteiger partial charge in [-0.05, 0) is 79.5 Å². The minimum absolute atomic E-state index is 0.0702. The van der Waals surface area contributed by atoms with Crippen LogP contribution >= 0.6 is 12.2 Å². The fourth-order valence-corrected chi connectivity index (χ4v) is 3.67. The summed E-state index contributed by atoms with van der Waals surface area (Å²) in [7, 11) is 0. The molecule has 4 rings (SSSR count). The molecular formula is C25H24FN5OS. The molecule has 3 aromatic carbocycles. The third kappa shape index (κ3) is 5.23. The first-order chi connectivity index (χ1) is 15.9. The number of unbranched alkanes of at least 4 members (excludes halogenated alkanes) is 1. The number of fused-ring (bicyclic) bond motifs is 1. The van der Waals surface area contributed by atoms with Gasteiger partial charge in [-0.1, -0.05) is 37.6 Å². The smallest absolute Gasteiger partial charge is 0.260 e. The SMILES string of the molecule is CCCCc1ccc(-n2nc3cc(C)c(NC(=S)NC(=O)c4ccccc4F)cc3n2)cc1. The van der Waals surface area contributed by atoms with Gasteiger partial charge in [-0.25, -0.2) is 4.39 Å². The van der Waals surface area contributed by atoms with Crippen molar-refractivity contribution in [2.24, 2.45) is 0 Å². The van der Waals surface area contributed by atoms with E-state index in [-0.39, 0.29) is 10.7 Å². The van der Waals surface area contributed by atoms with Crippen LogP contribution in [-0.4, -0.2) is 26.0 Å². The summed E-state index contributed by atoms with van der Waals surface area (Å²) in [5.41, 5.74) is 5.10. The molecular weight excluding hydrogens is 437 g/mol. The number of aromatic nitrogens is 3. The minimum atomic E-state index is -0.613. The Morgan fingerprint density at radius 3 is 2.45 bits per heavy atom. The van der Waals surface area contributed by atoms with E-state index in [0.29, 0.717) is 11.2 Å². The van der Waals surface area contributed by atoms with E-state index >= 15 is 0 Å². The molecule has 168 valence electrons. The van der Waals surface area contributed by atoms with Crippen LogP contribution < -0.4 is 10.6 Å². The van der Waals surface area contributed by atoms with Crippen molar-refractivity contribution in [3.63, 3.8) is 0 Å². The van der Waals surface area contributed by atoms with Gasteiger partial charge >= 0.3 is 0 Å². The third-order valence-electron chi connectivity index (χ3n) is 5.31. The maximum Gasteiger partial charge on any atom is 0.260 e. The molecule has 0 atom stereocenters. The lowest BCUT2D eigenvalue weighted by Gasteiger charge is -2.12. The quantitative estimate of drug-likeness (QED) is 0.380. The predicted octanol–water partition coefficient (Wildman–Crippen LogP) is 5.34. The van der Waals surface area contributed by atoms with E-state index in [9.17, 15) is 9.18 Å². The van der Waals surface area contributed by atoms with Crippen LogP contribution in [0.25, 0.3) is 16.7 Å². The van der Waals surface area contributed by atoms with Crippen LogP contribution in [0.15, 0.2) is 60.7 Å². The molecule has 1 amide bonds. The number of hydrogen-bond acceptors (Lipinski definition) is 4. The molecule has 0 unspecified atom stereocenters. The highest BCUT2D eigenvalue weighted by Gasteiger charge is 2.14. The second kappa shape index (κ2) is 9.87. The van der Waals surface area contributed by atoms with Gasteiger partial charge in [0.1, 0.15) is 16.9 Å². The molecule has 0 aliphatic heterocycles. The highest BCUT2D eigenvalue weighted by molar-refractivity contribution is 7.80. The van der Waals surface area contributed by atoms with E-state index in [1.807, 2.05) is 31.2 Å². The van der Waals surface area contributed by atoms with Crippen molar-refractivity contribution in [3.8, 4) is 5.69 Å². The number of amides is 1. The number of carbonyl (C=O) groups is 1. The van der Waals surface area contributed by atoms with Gasteiger partial charge in [0.05, 0.1) is 11.3 Å². The van der Waals surface area contributed by atoms with Gasteiger partial charge in [-0.3, -0.25) is 10.1 Å². The Kier molecular flexibility index (Phi) is 6.74. The Bertz CT molecular complexity index is 1320. The molecule has 2 N–H and O–H groups in total. The standard InChI is InChI=1S/C25H24FN5OS/c1-3-4-7-17-10-12-18(13-11-17)31-29-22-14-16(2)21(15-23(22)30-31)27-25(33)28-24(32)19-8-5-6-9-20(19)26/h5-6,8-15H,3-4,7H2,1-2H3,(H2,27,28,32,33). The van der Waals surface area contributed by atoms with Crippen LogP contribution in [0.3, 0.4) is 0 Å². The molecule has 33 heavy (non-hydrogen) atoms. The van der Waals surface area contributed by atoms with Crippen LogP contribution in [0.5, 0.6) is 0 Å². The van der Waals surface area contributed by atoms with Crippen molar-refractivity contribution in [2.75, 3.05) is 5.32 Å². The third-order valence-corrected chi connectivity index (χ3v) is 5.51. The van der Waals surface area contributed by atoms with Crippen molar-refractivity contribution in [2.45, 2.75) is 33.1 Å². The first kappa shape index (κ1) is 22.5. The van der Waals surface area contributed by atoms with E-state index in [1.165, 1.54) is 36.6 Å². The van der Waals surface area contributed by atoms with Crippen LogP contribution in [0, 0.1) is 12.7 Å². The molecule has 0 aliphatic rings. The maximum absolute atomic E-state index is 13.8. The number of benzene rings is 3. The van der Waals surface area contributed by atoms with Crippen LogP contribution in [-0.2, 0) is 6.42 Å². The number of halogens is 1. The second-order valence-electron chi connectivity index (χ2n) is 7.80. The van der Waals surface area contributed by atoms with Gasteiger partial charge in [-0.15, -0.1) is 10.2 Å². The Morgan fingerprint density at radius 2 is 1.76 bits per heavy atom. The highest BCUT2D eigenvalue weighted by atomic mass is 32.1. The number of nitrogens with one attached hydrogen (secondary N) is 2. The minimum Gasteiger partial charge on any atom is -0.332 e. The highest BCUT2D eigenvalue weighted by Crippen LogP contribution is 2.22. The summed E-state index contributed by atoms with van der Waals surface area (Å²) >= 11 is 5.26. The topological polar surface area (TPSA) is 71.8 Å². The molecule has 0 saturated carbocycles. The summed E-state index contributed by atoms with van der Waals surface area (Å²) in [5, 5.41) is 14.8. The zero-order chi connectivity index (χ0) is 23.4. The average molecular weight is 462 g/mol. The normalized spacial score (nSPS) is 10.9. The molecule has 0 fully saturated rings. The molecule has 6 nitrogen and oxygen atoms in total. The number of thiocarbonyl (C=S) groups is 1. The zero-order valence-electron chi connectivity index (χ0n) is 18.4. The molecule has 8 heteroatoms. The number of nitrogens with zero attached hydrogens (tertiary/aromatic N) is 3. The van der Waals surface area contributed by atoms with Gasteiger partial charge in [0.2, 0.25) is 0 Å². The van der Waals surface area contributed by atoms with E-state index in [2.05, 4.69) is 39.9 Å². The molecule has 1 heterocycles. The van der Waals surface area contributed by atoms with Crippen molar-refractivity contribution in [1.82, 2.24) is 20.3 Å². The second-order valence-corrected chi connectivity index (χ2v) is 8.21. The number of aryl methyl sites for hydroxylation is 2. The molecule has 0 aliphatic carbocycles. The number of anilines is 1. The van der Waals surface area contributed by atoms with Crippen LogP contribution in [0.4, 0.5) is 10.1 Å². The van der Waals surface area contributed by atoms with Gasteiger partial charge in [0.25, 0.3) is 5.91 Å². The van der Waals surface area contributed by atoms with E-state index in [1.54, 1.807) is 10.9 Å². The number of hydrogen-bond donors (Lipinski definition) is 2. The van der Waals surface area contributed by atoms with Gasteiger partial charge in [-0.2, -0.15) is 4.80 Å². The van der Waals surface area contributed by atoms with Crippen molar-refractivity contribution in [1.29, 1.82) is 0 Å². The summed E-state index contributed by atoms with van der Waals surface area (Å²) in [6.45, 7) is 4.09. The first-order valence-electron chi connectivity index (χ1n) is 10.8. The number of rotatable bonds is 6. The fraction of sp³-hybridized carbons (Fsp3) is 0.200. The molecule has 4 aromatic rings. The lowest BCUT2D eigenvalue weighted by Crippen LogP contribution is -2.34. The lowest BCUT2D eigenvalue weighted by molar-refractivity contribution is 0.0974. The number of carbonyl (C=O) groups excluding carboxylic acids is 1. The largest absolute Gasteiger partial charge is 0.332 e. The first-order valence-corrected chi connectivity index (χ1v) is 11.2. The van der Waals surface area contributed by atoms with E-state index < -0.39 is 11.7 Å². The molecule has 0 spiro atoms. The average Bonchev–Trinajstić information content (AvgIpc) is 3.21. The summed E-state index contributed by atoms with van der Waals surface area (Å²) in [5.74, 6) is -1.22. The van der Waals surface area contributed by atoms with Crippen molar-refractivity contribution < 1.29 is 9.18 Å². The van der Waals surface area contributed by atoms with E-state index in [0.717, 1.165) is 23.2 Å². The maximum atomic E-state index is 13.8. The van der Waals surface area contributed by atoms with Gasteiger partial charge < -0.3 is 5.32 Å². The molecule has 1 aromatic heterocycles. The molecule has 0 saturated heterocycles. The Labute approximate surface area is 196 Å². The van der Waals surface area contributed by atoms with Crippen LogP contribution in [0.1, 0.15) is 41.3 Å².